The third-order valence-electron chi connectivity index (χ3n) is 6.38. The highest BCUT2D eigenvalue weighted by atomic mass is 35.5. The largest absolute Gasteiger partial charge is 0.465 e. The van der Waals surface area contributed by atoms with Crippen molar-refractivity contribution in [1.29, 1.82) is 0 Å². The van der Waals surface area contributed by atoms with Crippen molar-refractivity contribution in [1.82, 2.24) is 9.88 Å². The molecule has 1 saturated heterocycles. The van der Waals surface area contributed by atoms with E-state index >= 15 is 0 Å². The Morgan fingerprint density at radius 2 is 1.51 bits per heavy atom. The van der Waals surface area contributed by atoms with Gasteiger partial charge >= 0.3 is 5.97 Å². The van der Waals surface area contributed by atoms with Crippen LogP contribution in [0.1, 0.15) is 40.2 Å². The molecule has 5 nitrogen and oxygen atoms in total. The van der Waals surface area contributed by atoms with E-state index in [0.29, 0.717) is 11.4 Å². The molecule has 1 aromatic heterocycles. The summed E-state index contributed by atoms with van der Waals surface area (Å²) < 4.78 is 31.8. The average Bonchev–Trinajstić information content (AvgIpc) is 2.88. The van der Waals surface area contributed by atoms with Gasteiger partial charge in [0, 0.05) is 38.3 Å². The molecule has 0 bridgehead atoms. The Hall–Kier alpha value is -3.03. The third kappa shape index (κ3) is 6.77. The van der Waals surface area contributed by atoms with Gasteiger partial charge in [-0.3, -0.25) is 4.90 Å². The molecule has 0 amide bonds. The van der Waals surface area contributed by atoms with Gasteiger partial charge < -0.3 is 9.64 Å². The second-order valence-corrected chi connectivity index (χ2v) is 8.49. The van der Waals surface area contributed by atoms with E-state index in [0.717, 1.165) is 56.7 Å². The highest BCUT2D eigenvalue weighted by molar-refractivity contribution is 5.94. The molecule has 1 aliphatic rings. The van der Waals surface area contributed by atoms with Crippen LogP contribution < -0.4 is 4.90 Å². The van der Waals surface area contributed by atoms with E-state index in [1.165, 1.54) is 31.4 Å². The molecular formula is C27H30ClF2N3O2. The van der Waals surface area contributed by atoms with Gasteiger partial charge in [-0.25, -0.2) is 18.6 Å². The van der Waals surface area contributed by atoms with E-state index in [9.17, 15) is 13.6 Å². The van der Waals surface area contributed by atoms with Gasteiger partial charge in [-0.1, -0.05) is 24.3 Å². The van der Waals surface area contributed by atoms with Crippen LogP contribution in [0, 0.1) is 11.6 Å². The number of carbonyl (C=O) groups excluding carboxylic acids is 1. The summed E-state index contributed by atoms with van der Waals surface area (Å²) in [5.41, 5.74) is 2.55. The van der Waals surface area contributed by atoms with Crippen molar-refractivity contribution in [2.24, 2.45) is 0 Å². The monoisotopic (exact) mass is 501 g/mol. The second kappa shape index (κ2) is 12.6. The minimum Gasteiger partial charge on any atom is -0.465 e. The second-order valence-electron chi connectivity index (χ2n) is 8.49. The van der Waals surface area contributed by atoms with E-state index in [2.05, 4.69) is 14.8 Å². The van der Waals surface area contributed by atoms with E-state index in [4.69, 9.17) is 4.74 Å². The molecule has 2 aromatic carbocycles. The van der Waals surface area contributed by atoms with Crippen LogP contribution in [0.25, 0.3) is 0 Å². The molecule has 0 aliphatic carbocycles. The Labute approximate surface area is 211 Å². The Bertz CT molecular complexity index is 1040. The molecular weight excluding hydrogens is 472 g/mol. The van der Waals surface area contributed by atoms with Crippen molar-refractivity contribution in [2.45, 2.75) is 18.8 Å². The number of benzene rings is 2. The van der Waals surface area contributed by atoms with Crippen molar-refractivity contribution in [2.75, 3.05) is 44.7 Å². The van der Waals surface area contributed by atoms with Crippen molar-refractivity contribution in [3.63, 3.8) is 0 Å². The Morgan fingerprint density at radius 1 is 0.943 bits per heavy atom. The quantitative estimate of drug-likeness (QED) is 0.392. The maximum Gasteiger partial charge on any atom is 0.341 e. The molecule has 0 spiro atoms. The Morgan fingerprint density at radius 3 is 2.06 bits per heavy atom. The van der Waals surface area contributed by atoms with Gasteiger partial charge in [-0.2, -0.15) is 0 Å². The number of ether oxygens (including phenoxy) is 1. The fourth-order valence-corrected chi connectivity index (χ4v) is 4.54. The number of piperazine rings is 1. The number of anilines is 1. The van der Waals surface area contributed by atoms with Crippen molar-refractivity contribution in [3.8, 4) is 0 Å². The molecule has 1 fully saturated rings. The van der Waals surface area contributed by atoms with Gasteiger partial charge in [0.1, 0.15) is 23.0 Å². The number of carbonyl (C=O) groups is 1. The number of methoxy groups -OCH3 is 1. The zero-order valence-electron chi connectivity index (χ0n) is 19.7. The molecule has 2 heterocycles. The first-order chi connectivity index (χ1) is 16.5. The fraction of sp³-hybridized carbons (Fsp3) is 0.333. The summed E-state index contributed by atoms with van der Waals surface area (Å²) in [7, 11) is 1.38. The summed E-state index contributed by atoms with van der Waals surface area (Å²) in [6.07, 6.45) is 3.53. The highest BCUT2D eigenvalue weighted by Crippen LogP contribution is 2.30. The number of aromatic nitrogens is 1. The van der Waals surface area contributed by atoms with Gasteiger partial charge in [0.2, 0.25) is 0 Å². The van der Waals surface area contributed by atoms with Gasteiger partial charge in [0.15, 0.2) is 0 Å². The van der Waals surface area contributed by atoms with E-state index in [1.54, 1.807) is 18.3 Å². The van der Waals surface area contributed by atoms with Gasteiger partial charge in [0.05, 0.1) is 7.11 Å². The van der Waals surface area contributed by atoms with Crippen LogP contribution in [-0.4, -0.2) is 55.7 Å². The topological polar surface area (TPSA) is 45.7 Å². The molecule has 0 unspecified atom stereocenters. The maximum absolute atomic E-state index is 13.5. The van der Waals surface area contributed by atoms with E-state index in [1.807, 2.05) is 24.3 Å². The SMILES string of the molecule is COC(=O)c1cccnc1N1CCN(CCCC(c2ccc(F)cc2)c2ccc(F)cc2)CC1.Cl. The zero-order chi connectivity index (χ0) is 23.9. The fourth-order valence-electron chi connectivity index (χ4n) is 4.54. The number of hydrogen-bond donors (Lipinski definition) is 0. The predicted molar refractivity (Wildman–Crippen MR) is 135 cm³/mol. The molecule has 35 heavy (non-hydrogen) atoms. The predicted octanol–water partition coefficient (Wildman–Crippen LogP) is 5.30. The van der Waals surface area contributed by atoms with Gasteiger partial charge in [-0.15, -0.1) is 12.4 Å². The zero-order valence-corrected chi connectivity index (χ0v) is 20.5. The first-order valence-electron chi connectivity index (χ1n) is 11.6. The van der Waals surface area contributed by atoms with Crippen LogP contribution in [0.2, 0.25) is 0 Å². The van der Waals surface area contributed by atoms with Crippen LogP contribution >= 0.6 is 12.4 Å². The number of rotatable bonds is 8. The lowest BCUT2D eigenvalue weighted by atomic mass is 9.87. The maximum atomic E-state index is 13.5. The van der Waals surface area contributed by atoms with Crippen LogP contribution in [0.4, 0.5) is 14.6 Å². The van der Waals surface area contributed by atoms with Crippen LogP contribution in [0.3, 0.4) is 0 Å². The summed E-state index contributed by atoms with van der Waals surface area (Å²) in [5, 5.41) is 0. The lowest BCUT2D eigenvalue weighted by Gasteiger charge is -2.36. The Kier molecular flexibility index (Phi) is 9.57. The molecule has 0 atom stereocenters. The number of nitrogens with zero attached hydrogens (tertiary/aromatic N) is 3. The molecule has 3 aromatic rings. The van der Waals surface area contributed by atoms with Crippen LogP contribution in [0.15, 0.2) is 66.9 Å². The van der Waals surface area contributed by atoms with Crippen molar-refractivity contribution >= 4 is 24.2 Å². The summed E-state index contributed by atoms with van der Waals surface area (Å²) in [6.45, 7) is 4.23. The number of halogens is 3. The normalized spacial score (nSPS) is 14.0. The Balaban J connectivity index is 0.00000342. The molecule has 0 N–H and O–H groups in total. The standard InChI is InChI=1S/C27H29F2N3O2.ClH/c1-34-27(33)25-4-2-14-30-26(25)32-18-16-31(17-19-32)15-3-5-24(20-6-10-22(28)11-7-20)21-8-12-23(29)13-9-21;/h2,4,6-14,24H,3,5,15-19H2,1H3;1H. The number of pyridine rings is 1. The third-order valence-corrected chi connectivity index (χ3v) is 6.38. The molecule has 0 radical (unpaired) electrons. The molecule has 186 valence electrons. The molecule has 0 saturated carbocycles. The molecule has 8 heteroatoms. The minimum atomic E-state index is -0.377. The van der Waals surface area contributed by atoms with E-state index < -0.39 is 0 Å². The highest BCUT2D eigenvalue weighted by Gasteiger charge is 2.23. The first-order valence-corrected chi connectivity index (χ1v) is 11.6. The van der Waals surface area contributed by atoms with Gasteiger partial charge in [0.25, 0.3) is 0 Å². The van der Waals surface area contributed by atoms with Crippen molar-refractivity contribution < 1.29 is 18.3 Å². The van der Waals surface area contributed by atoms with E-state index in [-0.39, 0.29) is 35.9 Å². The molecule has 4 rings (SSSR count). The average molecular weight is 502 g/mol. The number of esters is 1. The first kappa shape index (κ1) is 26.6. The van der Waals surface area contributed by atoms with Gasteiger partial charge in [-0.05, 0) is 66.9 Å². The number of hydrogen-bond acceptors (Lipinski definition) is 5. The lowest BCUT2D eigenvalue weighted by molar-refractivity contribution is 0.0600. The van der Waals surface area contributed by atoms with Crippen LogP contribution in [0.5, 0.6) is 0 Å². The summed E-state index contributed by atoms with van der Waals surface area (Å²) >= 11 is 0. The lowest BCUT2D eigenvalue weighted by Crippen LogP contribution is -2.47. The summed E-state index contributed by atoms with van der Waals surface area (Å²) in [4.78, 5) is 21.0. The smallest absolute Gasteiger partial charge is 0.341 e. The summed E-state index contributed by atoms with van der Waals surface area (Å²) in [6, 6.07) is 16.6. The van der Waals surface area contributed by atoms with Crippen LogP contribution in [-0.2, 0) is 4.74 Å². The summed E-state index contributed by atoms with van der Waals surface area (Å²) in [5.74, 6) is -0.149. The molecule has 1 aliphatic heterocycles. The van der Waals surface area contributed by atoms with Crippen molar-refractivity contribution in [3.05, 3.63) is 95.2 Å². The minimum absolute atomic E-state index is 0.